The van der Waals surface area contributed by atoms with Crippen molar-refractivity contribution in [1.29, 1.82) is 0 Å². The smallest absolute Gasteiger partial charge is 0.409 e. The second kappa shape index (κ2) is 9.07. The molecule has 0 atom stereocenters. The molecule has 0 radical (unpaired) electrons. The van der Waals surface area contributed by atoms with E-state index in [4.69, 9.17) is 9.15 Å². The Morgan fingerprint density at radius 1 is 1.33 bits per heavy atom. The zero-order valence-corrected chi connectivity index (χ0v) is 15.3. The molecule has 2 aromatic heterocycles. The van der Waals surface area contributed by atoms with Crippen LogP contribution in [0.3, 0.4) is 0 Å². The van der Waals surface area contributed by atoms with E-state index in [9.17, 15) is 9.59 Å². The van der Waals surface area contributed by atoms with E-state index in [-0.39, 0.29) is 18.0 Å². The predicted octanol–water partition coefficient (Wildman–Crippen LogP) is 2.64. The Morgan fingerprint density at radius 3 is 2.85 bits per heavy atom. The van der Waals surface area contributed by atoms with E-state index in [2.05, 4.69) is 15.6 Å². The van der Waals surface area contributed by atoms with Crippen LogP contribution in [0.1, 0.15) is 36.0 Å². The third kappa shape index (κ3) is 5.22. The molecular formula is C19H24N4O4. The Kier molecular flexibility index (Phi) is 6.30. The van der Waals surface area contributed by atoms with Crippen LogP contribution in [0.25, 0.3) is 0 Å². The molecule has 1 fully saturated rings. The van der Waals surface area contributed by atoms with E-state index in [1.807, 2.05) is 12.1 Å². The first-order chi connectivity index (χ1) is 13.2. The Bertz CT molecular complexity index is 755. The quantitative estimate of drug-likeness (QED) is 0.809. The van der Waals surface area contributed by atoms with Crippen LogP contribution >= 0.6 is 0 Å². The van der Waals surface area contributed by atoms with Crippen molar-refractivity contribution in [1.82, 2.24) is 15.2 Å². The van der Waals surface area contributed by atoms with Gasteiger partial charge in [-0.3, -0.25) is 9.78 Å². The number of nitrogens with one attached hydrogen (secondary N) is 2. The topological polar surface area (TPSA) is 96.7 Å². The fraction of sp³-hybridized carbons (Fsp3) is 0.421. The molecule has 0 unspecified atom stereocenters. The number of carbonyl (C=O) groups is 2. The zero-order valence-electron chi connectivity index (χ0n) is 15.3. The van der Waals surface area contributed by atoms with E-state index in [1.165, 1.54) is 0 Å². The molecule has 8 heteroatoms. The van der Waals surface area contributed by atoms with Gasteiger partial charge < -0.3 is 24.7 Å². The molecule has 0 aromatic carbocycles. The van der Waals surface area contributed by atoms with Crippen LogP contribution in [0.2, 0.25) is 0 Å². The van der Waals surface area contributed by atoms with Gasteiger partial charge in [-0.25, -0.2) is 4.79 Å². The van der Waals surface area contributed by atoms with Crippen molar-refractivity contribution in [2.75, 3.05) is 25.0 Å². The number of hydrogen-bond acceptors (Lipinski definition) is 6. The molecule has 8 nitrogen and oxygen atoms in total. The predicted molar refractivity (Wildman–Crippen MR) is 99.4 cm³/mol. The number of carbonyl (C=O) groups excluding carboxylic acids is 2. The highest BCUT2D eigenvalue weighted by atomic mass is 16.6. The number of nitrogens with zero attached hydrogens (tertiary/aromatic N) is 2. The fourth-order valence-corrected chi connectivity index (χ4v) is 2.95. The normalized spacial score (nSPS) is 14.6. The highest BCUT2D eigenvalue weighted by Crippen LogP contribution is 2.14. The molecule has 3 rings (SSSR count). The number of rotatable bonds is 6. The minimum absolute atomic E-state index is 0.0183. The maximum Gasteiger partial charge on any atom is 0.409 e. The SMILES string of the molecule is CCOC(=O)N1CCC(NC(=O)c2cc(NCc3ccco3)ccn2)CC1. The third-order valence-corrected chi connectivity index (χ3v) is 4.40. The lowest BCUT2D eigenvalue weighted by atomic mass is 10.1. The van der Waals surface area contributed by atoms with Crippen LogP contribution in [0.5, 0.6) is 0 Å². The number of likely N-dealkylation sites (tertiary alicyclic amines) is 1. The highest BCUT2D eigenvalue weighted by molar-refractivity contribution is 5.93. The Hall–Kier alpha value is -3.03. The maximum atomic E-state index is 12.5. The number of hydrogen-bond donors (Lipinski definition) is 2. The fourth-order valence-electron chi connectivity index (χ4n) is 2.95. The first-order valence-electron chi connectivity index (χ1n) is 9.10. The Labute approximate surface area is 157 Å². The summed E-state index contributed by atoms with van der Waals surface area (Å²) in [5.41, 5.74) is 1.15. The van der Waals surface area contributed by atoms with Crippen LogP contribution in [0.15, 0.2) is 41.1 Å². The average molecular weight is 372 g/mol. The molecule has 1 saturated heterocycles. The molecule has 2 amide bonds. The van der Waals surface area contributed by atoms with E-state index in [0.717, 1.165) is 11.4 Å². The van der Waals surface area contributed by atoms with Gasteiger partial charge in [-0.1, -0.05) is 0 Å². The zero-order chi connectivity index (χ0) is 19.1. The second-order valence-corrected chi connectivity index (χ2v) is 6.30. The molecular weight excluding hydrogens is 348 g/mol. The molecule has 27 heavy (non-hydrogen) atoms. The van der Waals surface area contributed by atoms with Gasteiger partial charge in [0.05, 0.1) is 19.4 Å². The molecule has 1 aliphatic rings. The largest absolute Gasteiger partial charge is 0.467 e. The molecule has 0 spiro atoms. The van der Waals surface area contributed by atoms with Crippen molar-refractivity contribution in [3.8, 4) is 0 Å². The van der Waals surface area contributed by atoms with Crippen LogP contribution in [0, 0.1) is 0 Å². The summed E-state index contributed by atoms with van der Waals surface area (Å²) in [6.07, 6.45) is 4.32. The number of pyridine rings is 1. The number of anilines is 1. The van der Waals surface area contributed by atoms with Gasteiger partial charge in [-0.2, -0.15) is 0 Å². The van der Waals surface area contributed by atoms with Gasteiger partial charge in [0.2, 0.25) is 0 Å². The van der Waals surface area contributed by atoms with Crippen LogP contribution in [-0.2, 0) is 11.3 Å². The second-order valence-electron chi connectivity index (χ2n) is 6.30. The summed E-state index contributed by atoms with van der Waals surface area (Å²) in [6.45, 7) is 3.83. The molecule has 1 aliphatic heterocycles. The minimum atomic E-state index is -0.292. The standard InChI is InChI=1S/C19H24N4O4/c1-2-26-19(25)23-9-6-14(7-10-23)22-18(24)17-12-15(5-8-20-17)21-13-16-4-3-11-27-16/h3-5,8,11-12,14H,2,6-7,9-10,13H2,1H3,(H,20,21)(H,22,24). The van der Waals surface area contributed by atoms with Crippen molar-refractivity contribution < 1.29 is 18.7 Å². The highest BCUT2D eigenvalue weighted by Gasteiger charge is 2.25. The number of furan rings is 1. The first kappa shape index (κ1) is 18.8. The Balaban J connectivity index is 1.49. The summed E-state index contributed by atoms with van der Waals surface area (Å²) in [5.74, 6) is 0.595. The molecule has 144 valence electrons. The number of aromatic nitrogens is 1. The van der Waals surface area contributed by atoms with Crippen LogP contribution in [0.4, 0.5) is 10.5 Å². The van der Waals surface area contributed by atoms with Crippen molar-refractivity contribution in [3.63, 3.8) is 0 Å². The molecule has 2 N–H and O–H groups in total. The third-order valence-electron chi connectivity index (χ3n) is 4.40. The summed E-state index contributed by atoms with van der Waals surface area (Å²) < 4.78 is 10.3. The van der Waals surface area contributed by atoms with E-state index in [0.29, 0.717) is 44.8 Å². The van der Waals surface area contributed by atoms with Crippen molar-refractivity contribution in [2.45, 2.75) is 32.4 Å². The minimum Gasteiger partial charge on any atom is -0.467 e. The van der Waals surface area contributed by atoms with Crippen LogP contribution in [-0.4, -0.2) is 47.6 Å². The van der Waals surface area contributed by atoms with Gasteiger partial charge in [0.15, 0.2) is 0 Å². The summed E-state index contributed by atoms with van der Waals surface area (Å²) in [5, 5.41) is 6.20. The number of piperidine rings is 1. The molecule has 0 bridgehead atoms. The van der Waals surface area contributed by atoms with Crippen LogP contribution < -0.4 is 10.6 Å². The van der Waals surface area contributed by atoms with Gasteiger partial charge in [0, 0.05) is 31.0 Å². The van der Waals surface area contributed by atoms with Gasteiger partial charge in [0.1, 0.15) is 11.5 Å². The van der Waals surface area contributed by atoms with E-state index >= 15 is 0 Å². The number of ether oxygens (including phenoxy) is 1. The lowest BCUT2D eigenvalue weighted by Gasteiger charge is -2.31. The van der Waals surface area contributed by atoms with Crippen molar-refractivity contribution in [3.05, 3.63) is 48.2 Å². The lowest BCUT2D eigenvalue weighted by molar-refractivity contribution is 0.0856. The molecule has 3 heterocycles. The summed E-state index contributed by atoms with van der Waals surface area (Å²) in [4.78, 5) is 30.0. The summed E-state index contributed by atoms with van der Waals surface area (Å²) in [6, 6.07) is 7.24. The molecule has 0 aliphatic carbocycles. The van der Waals surface area contributed by atoms with E-state index in [1.54, 1.807) is 36.4 Å². The summed E-state index contributed by atoms with van der Waals surface area (Å²) in [7, 11) is 0. The van der Waals surface area contributed by atoms with Gasteiger partial charge >= 0.3 is 6.09 Å². The Morgan fingerprint density at radius 2 is 2.15 bits per heavy atom. The monoisotopic (exact) mass is 372 g/mol. The van der Waals surface area contributed by atoms with Crippen molar-refractivity contribution in [2.24, 2.45) is 0 Å². The maximum absolute atomic E-state index is 12.5. The van der Waals surface area contributed by atoms with Crippen molar-refractivity contribution >= 4 is 17.7 Å². The average Bonchev–Trinajstić information content (AvgIpc) is 3.21. The lowest BCUT2D eigenvalue weighted by Crippen LogP contribution is -2.46. The summed E-state index contributed by atoms with van der Waals surface area (Å²) >= 11 is 0. The molecule has 0 saturated carbocycles. The van der Waals surface area contributed by atoms with Gasteiger partial charge in [-0.15, -0.1) is 0 Å². The van der Waals surface area contributed by atoms with Gasteiger partial charge in [-0.05, 0) is 44.0 Å². The number of amides is 2. The van der Waals surface area contributed by atoms with Gasteiger partial charge in [0.25, 0.3) is 5.91 Å². The van der Waals surface area contributed by atoms with E-state index < -0.39 is 0 Å². The first-order valence-corrected chi connectivity index (χ1v) is 9.10. The molecule has 2 aromatic rings.